The SMILES string of the molecule is CCC1OCCC1C(Cl)c1ccc(F)c(Br)c1. The van der Waals surface area contributed by atoms with Crippen molar-refractivity contribution < 1.29 is 9.13 Å². The van der Waals surface area contributed by atoms with E-state index in [1.54, 1.807) is 12.1 Å². The van der Waals surface area contributed by atoms with Crippen LogP contribution in [0.2, 0.25) is 0 Å². The Labute approximate surface area is 114 Å². The molecule has 1 saturated heterocycles. The Morgan fingerprint density at radius 3 is 3.00 bits per heavy atom. The van der Waals surface area contributed by atoms with Gasteiger partial charge in [0.1, 0.15) is 5.82 Å². The van der Waals surface area contributed by atoms with Crippen LogP contribution in [0.1, 0.15) is 30.7 Å². The van der Waals surface area contributed by atoms with Crippen molar-refractivity contribution in [2.24, 2.45) is 5.92 Å². The maximum Gasteiger partial charge on any atom is 0.137 e. The molecule has 1 aliphatic heterocycles. The van der Waals surface area contributed by atoms with Gasteiger partial charge in [0.2, 0.25) is 0 Å². The summed E-state index contributed by atoms with van der Waals surface area (Å²) in [5.41, 5.74) is 0.953. The maximum atomic E-state index is 13.2. The first kappa shape index (κ1) is 13.3. The van der Waals surface area contributed by atoms with Crippen LogP contribution in [0.15, 0.2) is 22.7 Å². The predicted octanol–water partition coefficient (Wildman–Crippen LogP) is 4.68. The standard InChI is InChI=1S/C13H15BrClFO/c1-2-12-9(5-6-17-12)13(15)8-3-4-11(16)10(14)7-8/h3-4,7,9,12-13H,2,5-6H2,1H3. The van der Waals surface area contributed by atoms with Crippen molar-refractivity contribution in [1.82, 2.24) is 0 Å². The molecule has 0 amide bonds. The van der Waals surface area contributed by atoms with Crippen molar-refractivity contribution in [2.75, 3.05) is 6.61 Å². The lowest BCUT2D eigenvalue weighted by molar-refractivity contribution is 0.0864. The highest BCUT2D eigenvalue weighted by atomic mass is 79.9. The lowest BCUT2D eigenvalue weighted by atomic mass is 9.91. The zero-order valence-corrected chi connectivity index (χ0v) is 12.0. The second kappa shape index (κ2) is 5.68. The van der Waals surface area contributed by atoms with E-state index in [4.69, 9.17) is 16.3 Å². The van der Waals surface area contributed by atoms with Gasteiger partial charge in [0.15, 0.2) is 0 Å². The fraction of sp³-hybridized carbons (Fsp3) is 0.538. The maximum absolute atomic E-state index is 13.2. The summed E-state index contributed by atoms with van der Waals surface area (Å²) in [5.74, 6) is 0.0614. The third-order valence-electron chi connectivity index (χ3n) is 3.30. The summed E-state index contributed by atoms with van der Waals surface area (Å²) >= 11 is 9.68. The first-order chi connectivity index (χ1) is 8.13. The highest BCUT2D eigenvalue weighted by Crippen LogP contribution is 2.39. The van der Waals surface area contributed by atoms with Crippen LogP contribution in [-0.4, -0.2) is 12.7 Å². The van der Waals surface area contributed by atoms with E-state index >= 15 is 0 Å². The van der Waals surface area contributed by atoms with Crippen molar-refractivity contribution in [3.8, 4) is 0 Å². The molecule has 94 valence electrons. The molecule has 1 nitrogen and oxygen atoms in total. The fourth-order valence-corrected chi connectivity index (χ4v) is 3.17. The van der Waals surface area contributed by atoms with Crippen LogP contribution < -0.4 is 0 Å². The molecule has 17 heavy (non-hydrogen) atoms. The van der Waals surface area contributed by atoms with Gasteiger partial charge in [-0.25, -0.2) is 4.39 Å². The molecule has 1 aliphatic rings. The van der Waals surface area contributed by atoms with E-state index in [1.165, 1.54) is 6.07 Å². The van der Waals surface area contributed by atoms with Crippen molar-refractivity contribution in [3.05, 3.63) is 34.1 Å². The van der Waals surface area contributed by atoms with Gasteiger partial charge in [-0.1, -0.05) is 13.0 Å². The Bertz CT molecular complexity index is 399. The van der Waals surface area contributed by atoms with E-state index < -0.39 is 0 Å². The van der Waals surface area contributed by atoms with Gasteiger partial charge in [0, 0.05) is 12.5 Å². The van der Waals surface area contributed by atoms with E-state index in [9.17, 15) is 4.39 Å². The van der Waals surface area contributed by atoms with Gasteiger partial charge >= 0.3 is 0 Å². The molecule has 0 bridgehead atoms. The van der Waals surface area contributed by atoms with Gasteiger partial charge in [-0.3, -0.25) is 0 Å². The molecule has 1 fully saturated rings. The van der Waals surface area contributed by atoms with Gasteiger partial charge in [-0.2, -0.15) is 0 Å². The van der Waals surface area contributed by atoms with Gasteiger partial charge in [0.05, 0.1) is 16.0 Å². The Morgan fingerprint density at radius 2 is 2.35 bits per heavy atom. The number of hydrogen-bond acceptors (Lipinski definition) is 1. The van der Waals surface area contributed by atoms with Crippen LogP contribution in [0.3, 0.4) is 0 Å². The summed E-state index contributed by atoms with van der Waals surface area (Å²) in [5, 5.41) is -0.112. The second-order valence-electron chi connectivity index (χ2n) is 4.35. The molecule has 3 unspecified atom stereocenters. The summed E-state index contributed by atoms with van der Waals surface area (Å²) in [6.45, 7) is 2.88. The van der Waals surface area contributed by atoms with Crippen molar-refractivity contribution in [3.63, 3.8) is 0 Å². The minimum absolute atomic E-state index is 0.112. The lowest BCUT2D eigenvalue weighted by Crippen LogP contribution is -2.19. The Hall–Kier alpha value is -0.120. The number of benzene rings is 1. The molecule has 0 aromatic heterocycles. The van der Waals surface area contributed by atoms with Gasteiger partial charge in [-0.15, -0.1) is 11.6 Å². The quantitative estimate of drug-likeness (QED) is 0.734. The van der Waals surface area contributed by atoms with Gasteiger partial charge in [0.25, 0.3) is 0 Å². The highest BCUT2D eigenvalue weighted by Gasteiger charge is 2.33. The van der Waals surface area contributed by atoms with Gasteiger partial charge < -0.3 is 4.74 Å². The highest BCUT2D eigenvalue weighted by molar-refractivity contribution is 9.10. The van der Waals surface area contributed by atoms with Crippen LogP contribution in [0.5, 0.6) is 0 Å². The molecule has 0 radical (unpaired) electrons. The number of hydrogen-bond donors (Lipinski definition) is 0. The molecule has 2 rings (SSSR count). The van der Waals surface area contributed by atoms with Crippen molar-refractivity contribution in [2.45, 2.75) is 31.2 Å². The molecule has 1 aromatic carbocycles. The molecule has 1 heterocycles. The van der Waals surface area contributed by atoms with Crippen LogP contribution in [0.25, 0.3) is 0 Å². The van der Waals surface area contributed by atoms with E-state index in [0.29, 0.717) is 10.4 Å². The number of halogens is 3. The predicted molar refractivity (Wildman–Crippen MR) is 70.8 cm³/mol. The summed E-state index contributed by atoms with van der Waals surface area (Å²) in [4.78, 5) is 0. The molecule has 3 atom stereocenters. The summed E-state index contributed by atoms with van der Waals surface area (Å²) in [6.07, 6.45) is 2.17. The van der Waals surface area contributed by atoms with Crippen molar-refractivity contribution in [1.29, 1.82) is 0 Å². The van der Waals surface area contributed by atoms with Crippen LogP contribution in [0.4, 0.5) is 4.39 Å². The zero-order chi connectivity index (χ0) is 12.4. The smallest absolute Gasteiger partial charge is 0.137 e. The molecular formula is C13H15BrClFO. The zero-order valence-electron chi connectivity index (χ0n) is 9.63. The van der Waals surface area contributed by atoms with E-state index in [0.717, 1.165) is 25.0 Å². The largest absolute Gasteiger partial charge is 0.378 e. The molecule has 1 aromatic rings. The Kier molecular flexibility index (Phi) is 4.45. The van der Waals surface area contributed by atoms with Crippen LogP contribution in [0, 0.1) is 11.7 Å². The first-order valence-corrected chi connectivity index (χ1v) is 7.07. The minimum Gasteiger partial charge on any atom is -0.378 e. The van der Waals surface area contributed by atoms with Crippen LogP contribution in [-0.2, 0) is 4.74 Å². The monoisotopic (exact) mass is 320 g/mol. The summed E-state index contributed by atoms with van der Waals surface area (Å²) in [7, 11) is 0. The molecule has 4 heteroatoms. The molecule has 0 spiro atoms. The summed E-state index contributed by atoms with van der Waals surface area (Å²) in [6, 6.07) is 4.96. The molecular weight excluding hydrogens is 306 g/mol. The second-order valence-corrected chi connectivity index (χ2v) is 5.67. The Morgan fingerprint density at radius 1 is 1.59 bits per heavy atom. The van der Waals surface area contributed by atoms with E-state index in [1.807, 2.05) is 0 Å². The lowest BCUT2D eigenvalue weighted by Gasteiger charge is -2.22. The van der Waals surface area contributed by atoms with Crippen LogP contribution >= 0.6 is 27.5 Å². The van der Waals surface area contributed by atoms with Crippen molar-refractivity contribution >= 4 is 27.5 Å². The van der Waals surface area contributed by atoms with Gasteiger partial charge in [-0.05, 0) is 46.5 Å². The Balaban J connectivity index is 2.18. The average molecular weight is 322 g/mol. The number of alkyl halides is 1. The van der Waals surface area contributed by atoms with E-state index in [2.05, 4.69) is 22.9 Å². The van der Waals surface area contributed by atoms with E-state index in [-0.39, 0.29) is 17.3 Å². The third kappa shape index (κ3) is 2.83. The minimum atomic E-state index is -0.257. The third-order valence-corrected chi connectivity index (χ3v) is 4.48. The average Bonchev–Trinajstić information content (AvgIpc) is 2.80. The molecule has 0 saturated carbocycles. The summed E-state index contributed by atoms with van der Waals surface area (Å²) < 4.78 is 19.3. The number of rotatable bonds is 3. The molecule has 0 aliphatic carbocycles. The molecule has 0 N–H and O–H groups in total. The topological polar surface area (TPSA) is 9.23 Å². The fourth-order valence-electron chi connectivity index (χ4n) is 2.35. The normalized spacial score (nSPS) is 26.1. The first-order valence-electron chi connectivity index (χ1n) is 5.84. The number of ether oxygens (including phenoxy) is 1.